The van der Waals surface area contributed by atoms with Crippen molar-refractivity contribution in [3.63, 3.8) is 0 Å². The fourth-order valence-corrected chi connectivity index (χ4v) is 2.77. The third kappa shape index (κ3) is 6.88. The molecule has 0 aliphatic rings. The molecule has 160 valence electrons. The second-order valence-corrected chi connectivity index (χ2v) is 7.12. The molecule has 0 bridgehead atoms. The molecule has 2 atom stereocenters. The van der Waals surface area contributed by atoms with Crippen LogP contribution in [-0.4, -0.2) is 35.2 Å². The number of rotatable bonds is 9. The van der Waals surface area contributed by atoms with Crippen LogP contribution in [0.5, 0.6) is 0 Å². The molecule has 0 fully saturated rings. The van der Waals surface area contributed by atoms with E-state index < -0.39 is 35.9 Å². The van der Waals surface area contributed by atoms with Crippen molar-refractivity contribution in [3.05, 3.63) is 71.5 Å². The molecule has 0 heterocycles. The van der Waals surface area contributed by atoms with Gasteiger partial charge in [0.15, 0.2) is 0 Å². The van der Waals surface area contributed by atoms with Crippen LogP contribution in [0, 0.1) is 11.7 Å². The van der Waals surface area contributed by atoms with Gasteiger partial charge in [0.2, 0.25) is 5.91 Å². The Hall–Kier alpha value is -3.42. The average molecular weight is 416 g/mol. The van der Waals surface area contributed by atoms with Crippen LogP contribution in [0.2, 0.25) is 0 Å². The summed E-state index contributed by atoms with van der Waals surface area (Å²) in [5.74, 6) is -2.88. The molecule has 7 nitrogen and oxygen atoms in total. The first-order valence-corrected chi connectivity index (χ1v) is 9.51. The first-order chi connectivity index (χ1) is 14.3. The summed E-state index contributed by atoms with van der Waals surface area (Å²) in [6.45, 7) is 3.44. The van der Waals surface area contributed by atoms with E-state index in [9.17, 15) is 23.9 Å². The van der Waals surface area contributed by atoms with Crippen LogP contribution >= 0.6 is 0 Å². The van der Waals surface area contributed by atoms with E-state index in [1.165, 1.54) is 18.2 Å². The number of carboxylic acid groups (broad SMARTS) is 1. The molecule has 2 aromatic carbocycles. The Morgan fingerprint density at radius 2 is 1.63 bits per heavy atom. The summed E-state index contributed by atoms with van der Waals surface area (Å²) in [7, 11) is 0. The number of aliphatic carboxylic acids is 1. The van der Waals surface area contributed by atoms with Gasteiger partial charge in [0.1, 0.15) is 24.5 Å². The second kappa shape index (κ2) is 10.9. The lowest BCUT2D eigenvalue weighted by atomic mass is 10.0. The van der Waals surface area contributed by atoms with E-state index in [2.05, 4.69) is 10.6 Å². The Morgan fingerprint density at radius 3 is 2.23 bits per heavy atom. The molecule has 30 heavy (non-hydrogen) atoms. The summed E-state index contributed by atoms with van der Waals surface area (Å²) in [4.78, 5) is 36.3. The Bertz CT molecular complexity index is 873. The Morgan fingerprint density at radius 1 is 1.00 bits per heavy atom. The summed E-state index contributed by atoms with van der Waals surface area (Å²) < 4.78 is 19.0. The number of hydrogen-bond donors (Lipinski definition) is 3. The van der Waals surface area contributed by atoms with Crippen LogP contribution < -0.4 is 10.6 Å². The smallest absolute Gasteiger partial charge is 0.408 e. The Kier molecular flexibility index (Phi) is 8.34. The molecular weight excluding hydrogens is 391 g/mol. The van der Waals surface area contributed by atoms with Crippen molar-refractivity contribution >= 4 is 18.0 Å². The van der Waals surface area contributed by atoms with E-state index in [4.69, 9.17) is 4.74 Å². The van der Waals surface area contributed by atoms with Crippen molar-refractivity contribution in [2.24, 2.45) is 5.92 Å². The molecular formula is C22H25FN2O5. The topological polar surface area (TPSA) is 105 Å². The van der Waals surface area contributed by atoms with Crippen molar-refractivity contribution < 1.29 is 28.6 Å². The highest BCUT2D eigenvalue weighted by Crippen LogP contribution is 2.11. The maximum atomic E-state index is 13.9. The summed E-state index contributed by atoms with van der Waals surface area (Å²) >= 11 is 0. The number of carbonyl (C=O) groups excluding carboxylic acids is 2. The fourth-order valence-electron chi connectivity index (χ4n) is 2.77. The molecule has 0 aliphatic carbocycles. The third-order valence-electron chi connectivity index (χ3n) is 4.43. The van der Waals surface area contributed by atoms with Gasteiger partial charge >= 0.3 is 12.1 Å². The molecule has 2 rings (SSSR count). The van der Waals surface area contributed by atoms with Crippen LogP contribution in [0.3, 0.4) is 0 Å². The zero-order valence-electron chi connectivity index (χ0n) is 16.8. The van der Waals surface area contributed by atoms with Crippen molar-refractivity contribution in [2.75, 3.05) is 0 Å². The molecule has 3 N–H and O–H groups in total. The number of nitrogens with one attached hydrogen (secondary N) is 2. The van der Waals surface area contributed by atoms with Crippen LogP contribution in [0.1, 0.15) is 25.0 Å². The minimum absolute atomic E-state index is 0.0319. The normalized spacial score (nSPS) is 12.7. The highest BCUT2D eigenvalue weighted by atomic mass is 19.1. The number of alkyl carbamates (subject to hydrolysis) is 1. The van der Waals surface area contributed by atoms with Crippen LogP contribution in [0.25, 0.3) is 0 Å². The molecule has 0 saturated carbocycles. The standard InChI is InChI=1S/C22H25FN2O5/c1-14(2)19(25-22(29)30-13-15-8-4-3-5-9-15)20(26)24-18(21(27)28)12-16-10-6-7-11-17(16)23/h3-11,14,18-19H,12-13H2,1-2H3,(H,24,26)(H,25,29)(H,27,28)/t18-,19-/m1/s1. The monoisotopic (exact) mass is 416 g/mol. The lowest BCUT2D eigenvalue weighted by Crippen LogP contribution is -2.54. The van der Waals surface area contributed by atoms with Gasteiger partial charge in [-0.05, 0) is 23.1 Å². The zero-order valence-corrected chi connectivity index (χ0v) is 16.8. The summed E-state index contributed by atoms with van der Waals surface area (Å²) in [5, 5.41) is 14.3. The van der Waals surface area contributed by atoms with E-state index in [0.29, 0.717) is 0 Å². The maximum Gasteiger partial charge on any atom is 0.408 e. The number of carboxylic acids is 1. The molecule has 0 aromatic heterocycles. The van der Waals surface area contributed by atoms with Gasteiger partial charge in [0, 0.05) is 6.42 Å². The van der Waals surface area contributed by atoms with Gasteiger partial charge in [-0.1, -0.05) is 62.4 Å². The largest absolute Gasteiger partial charge is 0.480 e. The van der Waals surface area contributed by atoms with Gasteiger partial charge in [0.05, 0.1) is 0 Å². The molecule has 0 aliphatic heterocycles. The van der Waals surface area contributed by atoms with Crippen molar-refractivity contribution in [1.29, 1.82) is 0 Å². The van der Waals surface area contributed by atoms with Gasteiger partial charge in [-0.2, -0.15) is 0 Å². The highest BCUT2D eigenvalue weighted by molar-refractivity contribution is 5.89. The molecule has 0 spiro atoms. The van der Waals surface area contributed by atoms with Gasteiger partial charge in [-0.15, -0.1) is 0 Å². The van der Waals surface area contributed by atoms with E-state index in [1.807, 2.05) is 18.2 Å². The lowest BCUT2D eigenvalue weighted by Gasteiger charge is -2.24. The van der Waals surface area contributed by atoms with Crippen LogP contribution in [0.4, 0.5) is 9.18 Å². The SMILES string of the molecule is CC(C)[C@@H](NC(=O)OCc1ccccc1)C(=O)N[C@H](Cc1ccccc1F)C(=O)O. The fraction of sp³-hybridized carbons (Fsp3) is 0.318. The molecule has 2 aromatic rings. The lowest BCUT2D eigenvalue weighted by molar-refractivity contribution is -0.142. The van der Waals surface area contributed by atoms with Crippen molar-refractivity contribution in [2.45, 2.75) is 39.0 Å². The minimum atomic E-state index is -1.35. The summed E-state index contributed by atoms with van der Waals surface area (Å²) in [6.07, 6.45) is -1.02. The van der Waals surface area contributed by atoms with Gasteiger partial charge in [-0.3, -0.25) is 4.79 Å². The number of carbonyl (C=O) groups is 3. The number of amides is 2. The number of halogens is 1. The summed E-state index contributed by atoms with van der Waals surface area (Å²) in [6, 6.07) is 12.4. The number of ether oxygens (including phenoxy) is 1. The van der Waals surface area contributed by atoms with Crippen LogP contribution in [-0.2, 0) is 27.4 Å². The molecule has 0 saturated heterocycles. The van der Waals surface area contributed by atoms with E-state index >= 15 is 0 Å². The molecule has 0 radical (unpaired) electrons. The zero-order chi connectivity index (χ0) is 22.1. The number of benzene rings is 2. The van der Waals surface area contributed by atoms with Crippen molar-refractivity contribution in [3.8, 4) is 0 Å². The average Bonchev–Trinajstić information content (AvgIpc) is 2.71. The minimum Gasteiger partial charge on any atom is -0.480 e. The van der Waals surface area contributed by atoms with E-state index in [-0.39, 0.29) is 24.5 Å². The number of hydrogen-bond acceptors (Lipinski definition) is 4. The van der Waals surface area contributed by atoms with Crippen LogP contribution in [0.15, 0.2) is 54.6 Å². The molecule has 0 unspecified atom stereocenters. The quantitative estimate of drug-likeness (QED) is 0.583. The van der Waals surface area contributed by atoms with Crippen molar-refractivity contribution in [1.82, 2.24) is 10.6 Å². The first kappa shape index (κ1) is 22.9. The van der Waals surface area contributed by atoms with Gasteiger partial charge < -0.3 is 20.5 Å². The Labute approximate surface area is 174 Å². The van der Waals surface area contributed by atoms with E-state index in [1.54, 1.807) is 32.0 Å². The third-order valence-corrected chi connectivity index (χ3v) is 4.43. The van der Waals surface area contributed by atoms with Gasteiger partial charge in [-0.25, -0.2) is 14.0 Å². The summed E-state index contributed by atoms with van der Waals surface area (Å²) in [5.41, 5.74) is 0.954. The molecule has 8 heteroatoms. The predicted octanol–water partition coefficient (Wildman–Crippen LogP) is 2.89. The molecule has 2 amide bonds. The Balaban J connectivity index is 1.99. The first-order valence-electron chi connectivity index (χ1n) is 9.51. The predicted molar refractivity (Wildman–Crippen MR) is 108 cm³/mol. The maximum absolute atomic E-state index is 13.9. The van der Waals surface area contributed by atoms with E-state index in [0.717, 1.165) is 5.56 Å². The highest BCUT2D eigenvalue weighted by Gasteiger charge is 2.29. The second-order valence-electron chi connectivity index (χ2n) is 7.12. The van der Waals surface area contributed by atoms with Gasteiger partial charge in [0.25, 0.3) is 0 Å².